The molecule has 5 heteroatoms. The summed E-state index contributed by atoms with van der Waals surface area (Å²) < 4.78 is 13.1. The monoisotopic (exact) mass is 397 g/mol. The lowest BCUT2D eigenvalue weighted by molar-refractivity contribution is -0.0731. The third kappa shape index (κ3) is 3.21. The molecule has 29 heavy (non-hydrogen) atoms. The summed E-state index contributed by atoms with van der Waals surface area (Å²) in [5, 5.41) is 23.9. The van der Waals surface area contributed by atoms with Gasteiger partial charge in [-0.3, -0.25) is 4.79 Å². The number of anilines is 1. The Morgan fingerprint density at radius 1 is 1.14 bits per heavy atom. The van der Waals surface area contributed by atoms with Crippen LogP contribution in [0.2, 0.25) is 0 Å². The van der Waals surface area contributed by atoms with Gasteiger partial charge in [0.1, 0.15) is 11.6 Å². The summed E-state index contributed by atoms with van der Waals surface area (Å²) in [6.07, 6.45) is 3.01. The van der Waals surface area contributed by atoms with E-state index in [2.05, 4.69) is 26.1 Å². The molecule has 2 aromatic carbocycles. The number of aromatic hydroxyl groups is 1. The second kappa shape index (κ2) is 6.84. The zero-order chi connectivity index (χ0) is 21.0. The Kier molecular flexibility index (Phi) is 4.69. The smallest absolute Gasteiger partial charge is 0.259 e. The number of hydrogen-bond donors (Lipinski definition) is 3. The number of carbonyl (C=O) groups excluding carboxylic acids is 1. The molecule has 0 unspecified atom stereocenters. The van der Waals surface area contributed by atoms with Crippen LogP contribution < -0.4 is 5.32 Å². The molecule has 1 amide bonds. The number of fused-ring (bicyclic) bond motifs is 3. The first kappa shape index (κ1) is 19.9. The number of aryl methyl sites for hydroxylation is 1. The van der Waals surface area contributed by atoms with Gasteiger partial charge in [-0.1, -0.05) is 20.8 Å². The zero-order valence-corrected chi connectivity index (χ0v) is 17.1. The summed E-state index contributed by atoms with van der Waals surface area (Å²) in [6.45, 7) is 6.49. The quantitative estimate of drug-likeness (QED) is 0.683. The average Bonchev–Trinajstić information content (AvgIpc) is 2.67. The van der Waals surface area contributed by atoms with Crippen LogP contribution in [0.5, 0.6) is 5.75 Å². The van der Waals surface area contributed by atoms with Gasteiger partial charge in [0.25, 0.3) is 5.91 Å². The minimum Gasteiger partial charge on any atom is -0.507 e. The van der Waals surface area contributed by atoms with E-state index in [-0.39, 0.29) is 34.1 Å². The fraction of sp³-hybridized carbons (Fsp3) is 0.458. The van der Waals surface area contributed by atoms with E-state index in [9.17, 15) is 19.4 Å². The number of rotatable bonds is 2. The number of phenolic OH excluding ortho intramolecular Hbond substituents is 1. The highest BCUT2D eigenvalue weighted by atomic mass is 19.1. The van der Waals surface area contributed by atoms with Gasteiger partial charge in [-0.2, -0.15) is 0 Å². The Hall–Kier alpha value is -2.40. The number of hydrogen-bond acceptors (Lipinski definition) is 3. The van der Waals surface area contributed by atoms with Gasteiger partial charge in [0.2, 0.25) is 0 Å². The van der Waals surface area contributed by atoms with E-state index in [1.807, 2.05) is 0 Å². The van der Waals surface area contributed by atoms with Crippen LogP contribution in [0.3, 0.4) is 0 Å². The molecule has 0 saturated heterocycles. The van der Waals surface area contributed by atoms with Gasteiger partial charge in [0.05, 0.1) is 11.7 Å². The van der Waals surface area contributed by atoms with Gasteiger partial charge in [-0.15, -0.1) is 0 Å². The molecule has 0 heterocycles. The topological polar surface area (TPSA) is 69.6 Å². The molecule has 2 aliphatic rings. The SMILES string of the molecule is CC1(C)[C@@H](O)CC[C@]2(C)c3cc(O)c(C(=O)Nc4ccc(F)cc4)cc3CC[C@@H]12. The first-order chi connectivity index (χ1) is 13.6. The highest BCUT2D eigenvalue weighted by Gasteiger charge is 2.53. The number of phenols is 1. The molecule has 1 fully saturated rings. The van der Waals surface area contributed by atoms with E-state index in [1.165, 1.54) is 24.3 Å². The van der Waals surface area contributed by atoms with Gasteiger partial charge in [0, 0.05) is 5.69 Å². The number of carbonyl (C=O) groups is 1. The fourth-order valence-electron chi connectivity index (χ4n) is 5.63. The Labute approximate surface area is 170 Å². The van der Waals surface area contributed by atoms with Crippen LogP contribution in [0.4, 0.5) is 10.1 Å². The van der Waals surface area contributed by atoms with Crippen molar-refractivity contribution in [3.63, 3.8) is 0 Å². The third-order valence-corrected chi connectivity index (χ3v) is 7.35. The largest absolute Gasteiger partial charge is 0.507 e. The van der Waals surface area contributed by atoms with Gasteiger partial charge in [0.15, 0.2) is 0 Å². The zero-order valence-electron chi connectivity index (χ0n) is 17.1. The maximum absolute atomic E-state index is 13.1. The van der Waals surface area contributed by atoms with E-state index in [0.717, 1.165) is 36.8 Å². The molecular formula is C24H28FNO3. The predicted molar refractivity (Wildman–Crippen MR) is 111 cm³/mol. The third-order valence-electron chi connectivity index (χ3n) is 7.35. The number of benzene rings is 2. The molecule has 0 spiro atoms. The number of amides is 1. The second-order valence-electron chi connectivity index (χ2n) is 9.37. The standard InChI is InChI=1S/C24H28FNO3/c1-23(2)20-9-4-14-12-17(22(29)26-16-7-5-15(25)6-8-16)19(27)13-18(14)24(20,3)11-10-21(23)28/h5-8,12-13,20-21,27-28H,4,9-11H2,1-3H3,(H,26,29)/t20-,21-,24+/m0/s1. The summed E-state index contributed by atoms with van der Waals surface area (Å²) in [4.78, 5) is 12.7. The van der Waals surface area contributed by atoms with Crippen molar-refractivity contribution in [2.75, 3.05) is 5.32 Å². The molecule has 0 aromatic heterocycles. The van der Waals surface area contributed by atoms with Gasteiger partial charge in [-0.25, -0.2) is 4.39 Å². The van der Waals surface area contributed by atoms with Crippen molar-refractivity contribution in [2.45, 2.75) is 58.0 Å². The molecule has 4 rings (SSSR count). The average molecular weight is 397 g/mol. The number of nitrogens with one attached hydrogen (secondary N) is 1. The van der Waals surface area contributed by atoms with Crippen LogP contribution in [0.15, 0.2) is 36.4 Å². The van der Waals surface area contributed by atoms with Crippen molar-refractivity contribution in [3.05, 3.63) is 58.9 Å². The van der Waals surface area contributed by atoms with Crippen molar-refractivity contribution in [2.24, 2.45) is 11.3 Å². The minimum atomic E-state index is -0.413. The lowest BCUT2D eigenvalue weighted by atomic mass is 9.49. The molecule has 3 N–H and O–H groups in total. The predicted octanol–water partition coefficient (Wildman–Crippen LogP) is 4.78. The van der Waals surface area contributed by atoms with E-state index in [0.29, 0.717) is 11.6 Å². The summed E-state index contributed by atoms with van der Waals surface area (Å²) in [5.41, 5.74) is 2.54. The van der Waals surface area contributed by atoms with Crippen molar-refractivity contribution in [1.29, 1.82) is 0 Å². The first-order valence-corrected chi connectivity index (χ1v) is 10.2. The summed E-state index contributed by atoms with van der Waals surface area (Å²) in [7, 11) is 0. The van der Waals surface area contributed by atoms with Crippen LogP contribution in [-0.4, -0.2) is 22.2 Å². The highest BCUT2D eigenvalue weighted by molar-refractivity contribution is 6.06. The summed E-state index contributed by atoms with van der Waals surface area (Å²) in [5.74, 6) is -0.523. The lowest BCUT2D eigenvalue weighted by Gasteiger charge is -2.56. The van der Waals surface area contributed by atoms with Crippen LogP contribution in [0.25, 0.3) is 0 Å². The Balaban J connectivity index is 1.67. The Morgan fingerprint density at radius 2 is 1.83 bits per heavy atom. The van der Waals surface area contributed by atoms with Crippen LogP contribution in [0, 0.1) is 17.2 Å². The molecule has 1 saturated carbocycles. The van der Waals surface area contributed by atoms with Gasteiger partial charge in [-0.05, 0) is 90.0 Å². The molecule has 3 atom stereocenters. The van der Waals surface area contributed by atoms with Crippen LogP contribution >= 0.6 is 0 Å². The summed E-state index contributed by atoms with van der Waals surface area (Å²) >= 11 is 0. The van der Waals surface area contributed by atoms with Crippen LogP contribution in [-0.2, 0) is 11.8 Å². The molecule has 154 valence electrons. The van der Waals surface area contributed by atoms with Crippen molar-refractivity contribution in [1.82, 2.24) is 0 Å². The number of aliphatic hydroxyl groups is 1. The molecule has 2 aliphatic carbocycles. The fourth-order valence-corrected chi connectivity index (χ4v) is 5.63. The molecule has 2 aromatic rings. The maximum atomic E-state index is 13.1. The molecule has 4 nitrogen and oxygen atoms in total. The molecule has 0 radical (unpaired) electrons. The number of aliphatic hydroxyl groups excluding tert-OH is 1. The van der Waals surface area contributed by atoms with Crippen molar-refractivity contribution >= 4 is 11.6 Å². The van der Waals surface area contributed by atoms with Gasteiger partial charge < -0.3 is 15.5 Å². The second-order valence-corrected chi connectivity index (χ2v) is 9.37. The van der Waals surface area contributed by atoms with E-state index in [1.54, 1.807) is 12.1 Å². The van der Waals surface area contributed by atoms with Crippen molar-refractivity contribution in [3.8, 4) is 5.75 Å². The Morgan fingerprint density at radius 3 is 2.52 bits per heavy atom. The van der Waals surface area contributed by atoms with Gasteiger partial charge >= 0.3 is 0 Å². The summed E-state index contributed by atoms with van der Waals surface area (Å²) in [6, 6.07) is 9.08. The number of halogens is 1. The lowest BCUT2D eigenvalue weighted by Crippen LogP contribution is -2.53. The minimum absolute atomic E-state index is 0.0471. The van der Waals surface area contributed by atoms with Crippen LogP contribution in [0.1, 0.15) is 61.5 Å². The molecule has 0 aliphatic heterocycles. The molecular weight excluding hydrogens is 369 g/mol. The van der Waals surface area contributed by atoms with E-state index < -0.39 is 5.91 Å². The molecule has 0 bridgehead atoms. The maximum Gasteiger partial charge on any atom is 0.259 e. The highest BCUT2D eigenvalue weighted by Crippen LogP contribution is 2.57. The van der Waals surface area contributed by atoms with E-state index in [4.69, 9.17) is 0 Å². The first-order valence-electron chi connectivity index (χ1n) is 10.2. The normalized spacial score (nSPS) is 27.6. The van der Waals surface area contributed by atoms with Crippen molar-refractivity contribution < 1.29 is 19.4 Å². The Bertz CT molecular complexity index is 953. The van der Waals surface area contributed by atoms with E-state index >= 15 is 0 Å².